The van der Waals surface area contributed by atoms with Gasteiger partial charge in [-0.3, -0.25) is 0 Å². The van der Waals surface area contributed by atoms with Gasteiger partial charge in [0.2, 0.25) is 0 Å². The van der Waals surface area contributed by atoms with Gasteiger partial charge >= 0.3 is 0 Å². The zero-order chi connectivity index (χ0) is 13.0. The molecule has 1 aromatic heterocycles. The fourth-order valence-corrected chi connectivity index (χ4v) is 2.63. The highest BCUT2D eigenvalue weighted by molar-refractivity contribution is 5.41. The quantitative estimate of drug-likeness (QED) is 0.879. The molecule has 4 heteroatoms. The molecule has 1 unspecified atom stereocenters. The minimum Gasteiger partial charge on any atom is -0.352 e. The first-order valence-electron chi connectivity index (χ1n) is 6.85. The standard InChI is InChI=1S/C14H24N4/c1-3-13-11-17(2)8-5-9-18(13)14-7-4-6-12(10-15)16-14/h4,6-7,13H,3,5,8-11,15H2,1-2H3. The molecular weight excluding hydrogens is 224 g/mol. The molecule has 0 aromatic carbocycles. The Labute approximate surface area is 110 Å². The third kappa shape index (κ3) is 3.00. The van der Waals surface area contributed by atoms with Gasteiger partial charge in [0.25, 0.3) is 0 Å². The lowest BCUT2D eigenvalue weighted by Crippen LogP contribution is -2.40. The average molecular weight is 248 g/mol. The number of hydrogen-bond donors (Lipinski definition) is 1. The number of rotatable bonds is 3. The summed E-state index contributed by atoms with van der Waals surface area (Å²) in [5.41, 5.74) is 6.65. The van der Waals surface area contributed by atoms with E-state index in [2.05, 4.69) is 40.9 Å². The van der Waals surface area contributed by atoms with Crippen LogP contribution in [-0.2, 0) is 6.54 Å². The van der Waals surface area contributed by atoms with Crippen LogP contribution in [0.2, 0.25) is 0 Å². The Hall–Kier alpha value is -1.13. The summed E-state index contributed by atoms with van der Waals surface area (Å²) in [6.07, 6.45) is 2.35. The van der Waals surface area contributed by atoms with Crippen molar-refractivity contribution in [2.75, 3.05) is 31.6 Å². The molecule has 1 aliphatic heterocycles. The molecule has 2 N–H and O–H groups in total. The van der Waals surface area contributed by atoms with Crippen LogP contribution in [0.4, 0.5) is 5.82 Å². The van der Waals surface area contributed by atoms with Gasteiger partial charge in [-0.05, 0) is 38.6 Å². The van der Waals surface area contributed by atoms with E-state index in [9.17, 15) is 0 Å². The summed E-state index contributed by atoms with van der Waals surface area (Å²) in [5.74, 6) is 1.08. The molecule has 0 aliphatic carbocycles. The second kappa shape index (κ2) is 6.16. The van der Waals surface area contributed by atoms with E-state index < -0.39 is 0 Å². The third-order valence-electron chi connectivity index (χ3n) is 3.67. The van der Waals surface area contributed by atoms with Crippen molar-refractivity contribution < 1.29 is 0 Å². The first-order chi connectivity index (χ1) is 8.74. The predicted molar refractivity (Wildman–Crippen MR) is 75.7 cm³/mol. The zero-order valence-electron chi connectivity index (χ0n) is 11.5. The first-order valence-corrected chi connectivity index (χ1v) is 6.85. The largest absolute Gasteiger partial charge is 0.352 e. The van der Waals surface area contributed by atoms with Crippen molar-refractivity contribution in [3.63, 3.8) is 0 Å². The minimum absolute atomic E-state index is 0.512. The maximum absolute atomic E-state index is 5.68. The molecule has 1 aromatic rings. The molecule has 0 radical (unpaired) electrons. The lowest BCUT2D eigenvalue weighted by atomic mass is 10.2. The maximum Gasteiger partial charge on any atom is 0.129 e. The molecule has 100 valence electrons. The average Bonchev–Trinajstić information content (AvgIpc) is 2.60. The molecule has 0 bridgehead atoms. The van der Waals surface area contributed by atoms with Crippen molar-refractivity contribution in [3.8, 4) is 0 Å². The number of aromatic nitrogens is 1. The number of pyridine rings is 1. The molecule has 0 spiro atoms. The van der Waals surface area contributed by atoms with E-state index in [1.165, 1.54) is 13.0 Å². The van der Waals surface area contributed by atoms with Crippen molar-refractivity contribution in [1.29, 1.82) is 0 Å². The summed E-state index contributed by atoms with van der Waals surface area (Å²) < 4.78 is 0. The Morgan fingerprint density at radius 3 is 2.94 bits per heavy atom. The van der Waals surface area contributed by atoms with Crippen molar-refractivity contribution in [2.24, 2.45) is 5.73 Å². The van der Waals surface area contributed by atoms with Gasteiger partial charge in [0.15, 0.2) is 0 Å². The summed E-state index contributed by atoms with van der Waals surface area (Å²) in [7, 11) is 2.20. The fourth-order valence-electron chi connectivity index (χ4n) is 2.63. The van der Waals surface area contributed by atoms with Crippen LogP contribution in [0.1, 0.15) is 25.5 Å². The number of anilines is 1. The predicted octanol–water partition coefficient (Wildman–Crippen LogP) is 1.46. The summed E-state index contributed by atoms with van der Waals surface area (Å²) in [5, 5.41) is 0. The highest BCUT2D eigenvalue weighted by atomic mass is 15.3. The monoisotopic (exact) mass is 248 g/mol. The third-order valence-corrected chi connectivity index (χ3v) is 3.67. The molecule has 1 saturated heterocycles. The second-order valence-corrected chi connectivity index (χ2v) is 5.06. The lowest BCUT2D eigenvalue weighted by molar-refractivity contribution is 0.327. The summed E-state index contributed by atoms with van der Waals surface area (Å²) >= 11 is 0. The molecule has 1 atom stereocenters. The van der Waals surface area contributed by atoms with E-state index >= 15 is 0 Å². The highest BCUT2D eigenvalue weighted by Gasteiger charge is 2.22. The van der Waals surface area contributed by atoms with E-state index in [0.717, 1.165) is 31.0 Å². The van der Waals surface area contributed by atoms with Gasteiger partial charge in [-0.1, -0.05) is 13.0 Å². The van der Waals surface area contributed by atoms with E-state index in [0.29, 0.717) is 12.6 Å². The first kappa shape index (κ1) is 13.3. The van der Waals surface area contributed by atoms with Gasteiger partial charge < -0.3 is 15.5 Å². The Kier molecular flexibility index (Phi) is 4.55. The van der Waals surface area contributed by atoms with Gasteiger partial charge in [0.05, 0.1) is 5.69 Å². The van der Waals surface area contributed by atoms with Crippen molar-refractivity contribution in [1.82, 2.24) is 9.88 Å². The van der Waals surface area contributed by atoms with Gasteiger partial charge in [0.1, 0.15) is 5.82 Å². The molecule has 4 nitrogen and oxygen atoms in total. The van der Waals surface area contributed by atoms with Gasteiger partial charge in [-0.25, -0.2) is 4.98 Å². The Balaban J connectivity index is 2.22. The van der Waals surface area contributed by atoms with Crippen LogP contribution < -0.4 is 10.6 Å². The van der Waals surface area contributed by atoms with Gasteiger partial charge in [-0.2, -0.15) is 0 Å². The van der Waals surface area contributed by atoms with Crippen LogP contribution in [-0.4, -0.2) is 42.6 Å². The number of likely N-dealkylation sites (N-methyl/N-ethyl adjacent to an activating group) is 1. The molecule has 18 heavy (non-hydrogen) atoms. The minimum atomic E-state index is 0.512. The second-order valence-electron chi connectivity index (χ2n) is 5.06. The molecule has 1 aliphatic rings. The van der Waals surface area contributed by atoms with Crippen LogP contribution in [0.25, 0.3) is 0 Å². The SMILES string of the molecule is CCC1CN(C)CCCN1c1cccc(CN)n1. The Bertz CT molecular complexity index is 380. The molecule has 0 saturated carbocycles. The highest BCUT2D eigenvalue weighted by Crippen LogP contribution is 2.20. The molecule has 2 heterocycles. The Morgan fingerprint density at radius 1 is 1.39 bits per heavy atom. The van der Waals surface area contributed by atoms with Gasteiger partial charge in [-0.15, -0.1) is 0 Å². The van der Waals surface area contributed by atoms with E-state index in [1.807, 2.05) is 6.07 Å². The van der Waals surface area contributed by atoms with Crippen LogP contribution >= 0.6 is 0 Å². The normalized spacial score (nSPS) is 21.9. The smallest absolute Gasteiger partial charge is 0.129 e. The van der Waals surface area contributed by atoms with Crippen LogP contribution in [0, 0.1) is 0 Å². The van der Waals surface area contributed by atoms with Crippen molar-refractivity contribution >= 4 is 5.82 Å². The van der Waals surface area contributed by atoms with Crippen LogP contribution in [0.15, 0.2) is 18.2 Å². The zero-order valence-corrected chi connectivity index (χ0v) is 11.5. The topological polar surface area (TPSA) is 45.4 Å². The molecule has 0 amide bonds. The van der Waals surface area contributed by atoms with Crippen LogP contribution in [0.3, 0.4) is 0 Å². The van der Waals surface area contributed by atoms with Crippen LogP contribution in [0.5, 0.6) is 0 Å². The van der Waals surface area contributed by atoms with Crippen molar-refractivity contribution in [3.05, 3.63) is 23.9 Å². The van der Waals surface area contributed by atoms with E-state index in [-0.39, 0.29) is 0 Å². The number of nitrogens with two attached hydrogens (primary N) is 1. The lowest BCUT2D eigenvalue weighted by Gasteiger charge is -2.31. The van der Waals surface area contributed by atoms with E-state index in [1.54, 1.807) is 0 Å². The molecule has 2 rings (SSSR count). The fraction of sp³-hybridized carbons (Fsp3) is 0.643. The summed E-state index contributed by atoms with van der Waals surface area (Å²) in [6.45, 7) is 6.14. The number of hydrogen-bond acceptors (Lipinski definition) is 4. The molecular formula is C14H24N4. The molecule has 1 fully saturated rings. The van der Waals surface area contributed by atoms with E-state index in [4.69, 9.17) is 5.73 Å². The van der Waals surface area contributed by atoms with Crippen molar-refractivity contribution in [2.45, 2.75) is 32.4 Å². The summed E-state index contributed by atoms with van der Waals surface area (Å²) in [4.78, 5) is 9.53. The maximum atomic E-state index is 5.68. The summed E-state index contributed by atoms with van der Waals surface area (Å²) in [6, 6.07) is 6.71. The number of nitrogens with zero attached hydrogens (tertiary/aromatic N) is 3. The van der Waals surface area contributed by atoms with Gasteiger partial charge in [0, 0.05) is 25.7 Å². The Morgan fingerprint density at radius 2 is 2.22 bits per heavy atom.